The van der Waals surface area contributed by atoms with Gasteiger partial charge >= 0.3 is 6.18 Å². The molecule has 0 bridgehead atoms. The van der Waals surface area contributed by atoms with Crippen molar-refractivity contribution in [2.75, 3.05) is 31.1 Å². The van der Waals surface area contributed by atoms with Crippen LogP contribution in [0.1, 0.15) is 34.7 Å². The van der Waals surface area contributed by atoms with E-state index in [0.717, 1.165) is 29.0 Å². The lowest BCUT2D eigenvalue weighted by Gasteiger charge is -2.37. The Balaban J connectivity index is 1.35. The quantitative estimate of drug-likeness (QED) is 0.325. The number of carbonyl (C=O) groups excluding carboxylic acids is 1. The second-order valence-corrected chi connectivity index (χ2v) is 9.31. The molecule has 2 aromatic carbocycles. The van der Waals surface area contributed by atoms with Crippen LogP contribution in [0.5, 0.6) is 0 Å². The van der Waals surface area contributed by atoms with Crippen LogP contribution >= 0.6 is 0 Å². The van der Waals surface area contributed by atoms with Gasteiger partial charge in [-0.1, -0.05) is 24.3 Å². The fraction of sp³-hybridized carbons (Fsp3) is 0.286. The van der Waals surface area contributed by atoms with Gasteiger partial charge in [-0.25, -0.2) is 9.37 Å². The summed E-state index contributed by atoms with van der Waals surface area (Å²) in [6.07, 6.45) is -0.803. The van der Waals surface area contributed by atoms with E-state index in [1.165, 1.54) is 12.1 Å². The van der Waals surface area contributed by atoms with E-state index in [1.807, 2.05) is 34.6 Å². The molecule has 1 fully saturated rings. The molecule has 3 heterocycles. The van der Waals surface area contributed by atoms with Crippen molar-refractivity contribution < 1.29 is 22.4 Å². The van der Waals surface area contributed by atoms with Gasteiger partial charge in [-0.15, -0.1) is 0 Å². The number of aromatic nitrogens is 2. The number of nitrogens with zero attached hydrogens (tertiary/aromatic N) is 4. The van der Waals surface area contributed by atoms with E-state index < -0.39 is 23.5 Å². The van der Waals surface area contributed by atoms with E-state index in [-0.39, 0.29) is 12.3 Å². The van der Waals surface area contributed by atoms with Crippen molar-refractivity contribution in [2.45, 2.75) is 25.4 Å². The lowest BCUT2D eigenvalue weighted by atomic mass is 9.91. The van der Waals surface area contributed by atoms with Crippen LogP contribution in [0.15, 0.2) is 73.1 Å². The number of aryl methyl sites for hydroxylation is 1. The summed E-state index contributed by atoms with van der Waals surface area (Å²) in [5.41, 5.74) is 2.68. The summed E-state index contributed by atoms with van der Waals surface area (Å²) in [7, 11) is 0. The van der Waals surface area contributed by atoms with Crippen molar-refractivity contribution in [3.63, 3.8) is 0 Å². The monoisotopic (exact) mass is 510 g/mol. The van der Waals surface area contributed by atoms with Gasteiger partial charge in [0, 0.05) is 56.6 Å². The summed E-state index contributed by atoms with van der Waals surface area (Å²) in [5, 5.41) is 0. The van der Waals surface area contributed by atoms with Gasteiger partial charge in [0.05, 0.1) is 11.3 Å². The highest BCUT2D eigenvalue weighted by Crippen LogP contribution is 2.33. The van der Waals surface area contributed by atoms with Crippen LogP contribution in [-0.2, 0) is 11.0 Å². The number of benzene rings is 2. The Morgan fingerprint density at radius 3 is 2.49 bits per heavy atom. The van der Waals surface area contributed by atoms with Gasteiger partial charge in [0.25, 0.3) is 0 Å². The molecule has 0 saturated carbocycles. The van der Waals surface area contributed by atoms with Crippen molar-refractivity contribution in [3.8, 4) is 0 Å². The van der Waals surface area contributed by atoms with Crippen molar-refractivity contribution >= 4 is 17.2 Å². The average molecular weight is 511 g/mol. The van der Waals surface area contributed by atoms with Gasteiger partial charge < -0.3 is 14.2 Å². The molecular formula is C28H26F4N4O. The van der Waals surface area contributed by atoms with Crippen LogP contribution in [-0.4, -0.2) is 46.4 Å². The summed E-state index contributed by atoms with van der Waals surface area (Å²) in [6.45, 7) is 3.51. The Hall–Kier alpha value is -3.88. The first-order valence-electron chi connectivity index (χ1n) is 12.1. The molecule has 192 valence electrons. The zero-order valence-corrected chi connectivity index (χ0v) is 20.3. The molecule has 0 aliphatic carbocycles. The molecule has 1 amide bonds. The predicted octanol–water partition coefficient (Wildman–Crippen LogP) is 5.67. The number of piperazine rings is 1. The number of imidazole rings is 1. The highest BCUT2D eigenvalue weighted by molar-refractivity contribution is 5.78. The van der Waals surface area contributed by atoms with E-state index in [0.29, 0.717) is 37.4 Å². The highest BCUT2D eigenvalue weighted by atomic mass is 19.4. The van der Waals surface area contributed by atoms with Gasteiger partial charge in [-0.05, 0) is 54.4 Å². The summed E-state index contributed by atoms with van der Waals surface area (Å²) >= 11 is 0. The van der Waals surface area contributed by atoms with Gasteiger partial charge in [0.1, 0.15) is 11.5 Å². The second kappa shape index (κ2) is 9.88. The fourth-order valence-electron chi connectivity index (χ4n) is 4.89. The Labute approximate surface area is 212 Å². The van der Waals surface area contributed by atoms with Crippen molar-refractivity contribution in [3.05, 3.63) is 101 Å². The number of rotatable bonds is 5. The molecule has 37 heavy (non-hydrogen) atoms. The number of halogens is 4. The largest absolute Gasteiger partial charge is 0.416 e. The van der Waals surface area contributed by atoms with Gasteiger partial charge in [-0.2, -0.15) is 13.2 Å². The highest BCUT2D eigenvalue weighted by Gasteiger charge is 2.32. The van der Waals surface area contributed by atoms with Gasteiger partial charge in [0.15, 0.2) is 0 Å². The van der Waals surface area contributed by atoms with Gasteiger partial charge in [0.2, 0.25) is 5.91 Å². The maximum atomic E-state index is 14.9. The standard InChI is InChI=1S/C28H26F4N4O/c1-19-9-10-36-25(18-33-26(36)15-19)23(22-7-2-3-8-24(22)29)17-27(37)35-13-11-34(12-14-35)21-6-4-5-20(16-21)28(30,31)32/h2-10,15-16,18,23H,11-14,17H2,1H3. The Morgan fingerprint density at radius 2 is 1.76 bits per heavy atom. The summed E-state index contributed by atoms with van der Waals surface area (Å²) in [5.74, 6) is -1.08. The van der Waals surface area contributed by atoms with Gasteiger partial charge in [-0.3, -0.25) is 4.79 Å². The molecule has 1 aliphatic rings. The molecule has 0 N–H and O–H groups in total. The van der Waals surface area contributed by atoms with Crippen LogP contribution in [0.3, 0.4) is 0 Å². The molecule has 0 spiro atoms. The first kappa shape index (κ1) is 24.8. The Morgan fingerprint density at radius 1 is 1.00 bits per heavy atom. The molecule has 1 unspecified atom stereocenters. The first-order valence-corrected chi connectivity index (χ1v) is 12.1. The molecule has 1 aliphatic heterocycles. The topological polar surface area (TPSA) is 40.9 Å². The minimum Gasteiger partial charge on any atom is -0.368 e. The smallest absolute Gasteiger partial charge is 0.368 e. The van der Waals surface area contributed by atoms with Crippen molar-refractivity contribution in [1.82, 2.24) is 14.3 Å². The summed E-state index contributed by atoms with van der Waals surface area (Å²) < 4.78 is 56.1. The minimum absolute atomic E-state index is 0.0478. The fourth-order valence-corrected chi connectivity index (χ4v) is 4.89. The molecule has 0 radical (unpaired) electrons. The number of carbonyl (C=O) groups is 1. The van der Waals surface area contributed by atoms with E-state index >= 15 is 0 Å². The lowest BCUT2D eigenvalue weighted by molar-refractivity contribution is -0.137. The van der Waals surface area contributed by atoms with E-state index in [1.54, 1.807) is 35.4 Å². The SMILES string of the molecule is Cc1ccn2c(C(CC(=O)N3CCN(c4cccc(C(F)(F)F)c4)CC3)c3ccccc3F)cnc2c1. The molecule has 5 nitrogen and oxygen atoms in total. The first-order chi connectivity index (χ1) is 17.7. The normalized spacial score (nSPS) is 15.3. The Bertz CT molecular complexity index is 1420. The third kappa shape index (κ3) is 5.16. The van der Waals surface area contributed by atoms with Crippen LogP contribution in [0.4, 0.5) is 23.2 Å². The Kier molecular flexibility index (Phi) is 6.62. The summed E-state index contributed by atoms with van der Waals surface area (Å²) in [4.78, 5) is 21.4. The number of alkyl halides is 3. The second-order valence-electron chi connectivity index (χ2n) is 9.31. The van der Waals surface area contributed by atoms with Crippen LogP contribution in [0.2, 0.25) is 0 Å². The third-order valence-electron chi connectivity index (χ3n) is 6.88. The molecular weight excluding hydrogens is 484 g/mol. The number of hydrogen-bond acceptors (Lipinski definition) is 3. The number of pyridine rings is 1. The zero-order valence-electron chi connectivity index (χ0n) is 20.3. The van der Waals surface area contributed by atoms with E-state index in [2.05, 4.69) is 4.98 Å². The lowest BCUT2D eigenvalue weighted by Crippen LogP contribution is -2.49. The van der Waals surface area contributed by atoms with Crippen LogP contribution in [0.25, 0.3) is 5.65 Å². The zero-order chi connectivity index (χ0) is 26.2. The molecule has 9 heteroatoms. The van der Waals surface area contributed by atoms with Crippen LogP contribution in [0, 0.1) is 12.7 Å². The predicted molar refractivity (Wildman–Crippen MR) is 133 cm³/mol. The third-order valence-corrected chi connectivity index (χ3v) is 6.88. The number of hydrogen-bond donors (Lipinski definition) is 0. The summed E-state index contributed by atoms with van der Waals surface area (Å²) in [6, 6.07) is 15.5. The molecule has 1 saturated heterocycles. The van der Waals surface area contributed by atoms with E-state index in [4.69, 9.17) is 0 Å². The molecule has 1 atom stereocenters. The molecule has 2 aromatic heterocycles. The number of fused-ring (bicyclic) bond motifs is 1. The van der Waals surface area contributed by atoms with Crippen molar-refractivity contribution in [1.29, 1.82) is 0 Å². The van der Waals surface area contributed by atoms with Crippen molar-refractivity contribution in [2.24, 2.45) is 0 Å². The number of anilines is 1. The maximum Gasteiger partial charge on any atom is 0.416 e. The average Bonchev–Trinajstić information content (AvgIpc) is 3.30. The maximum absolute atomic E-state index is 14.9. The van der Waals surface area contributed by atoms with E-state index in [9.17, 15) is 22.4 Å². The molecule has 4 aromatic rings. The number of amides is 1. The minimum atomic E-state index is -4.41. The molecule has 5 rings (SSSR count). The van der Waals surface area contributed by atoms with Crippen LogP contribution < -0.4 is 4.90 Å².